The highest BCUT2D eigenvalue weighted by Crippen LogP contribution is 2.41. The van der Waals surface area contributed by atoms with Crippen molar-refractivity contribution in [2.45, 2.75) is 31.7 Å². The maximum absolute atomic E-state index is 13.7. The fourth-order valence-electron chi connectivity index (χ4n) is 4.85. The van der Waals surface area contributed by atoms with Crippen LogP contribution in [0.15, 0.2) is 36.4 Å². The average Bonchev–Trinajstić information content (AvgIpc) is 3.19. The molecule has 182 valence electrons. The molecule has 1 aromatic carbocycles. The van der Waals surface area contributed by atoms with Gasteiger partial charge in [-0.25, -0.2) is 18.7 Å². The van der Waals surface area contributed by atoms with Crippen LogP contribution in [0.2, 0.25) is 0 Å². The molecule has 3 aromatic heterocycles. The van der Waals surface area contributed by atoms with Gasteiger partial charge in [-0.2, -0.15) is 0 Å². The predicted molar refractivity (Wildman–Crippen MR) is 140 cm³/mol. The van der Waals surface area contributed by atoms with Gasteiger partial charge >= 0.3 is 0 Å². The number of pyridine rings is 2. The van der Waals surface area contributed by atoms with Crippen molar-refractivity contribution in [1.29, 1.82) is 0 Å². The lowest BCUT2D eigenvalue weighted by Gasteiger charge is -2.32. The van der Waals surface area contributed by atoms with Gasteiger partial charge in [-0.15, -0.1) is 17.8 Å². The van der Waals surface area contributed by atoms with E-state index in [0.717, 1.165) is 32.2 Å². The van der Waals surface area contributed by atoms with E-state index in [4.69, 9.17) is 11.4 Å². The van der Waals surface area contributed by atoms with E-state index in [1.165, 1.54) is 11.3 Å². The number of terminal acetylenes is 1. The number of thiophene rings is 1. The third-order valence-corrected chi connectivity index (χ3v) is 7.92. The van der Waals surface area contributed by atoms with Crippen molar-refractivity contribution >= 4 is 49.7 Å². The Morgan fingerprint density at radius 3 is 2.75 bits per heavy atom. The van der Waals surface area contributed by atoms with Crippen LogP contribution in [0.25, 0.3) is 32.2 Å². The van der Waals surface area contributed by atoms with Gasteiger partial charge in [0, 0.05) is 59.6 Å². The lowest BCUT2D eigenvalue weighted by molar-refractivity contribution is -0.0221. The van der Waals surface area contributed by atoms with Crippen LogP contribution in [0, 0.1) is 12.3 Å². The molecule has 0 unspecified atom stereocenters. The van der Waals surface area contributed by atoms with Gasteiger partial charge < -0.3 is 15.5 Å². The number of rotatable bonds is 2. The van der Waals surface area contributed by atoms with E-state index >= 15 is 0 Å². The number of carbonyl (C=O) groups is 1. The Labute approximate surface area is 210 Å². The number of aromatic nitrogens is 2. The lowest BCUT2D eigenvalue weighted by Crippen LogP contribution is -2.39. The second-order valence-electron chi connectivity index (χ2n) is 9.35. The third-order valence-electron chi connectivity index (χ3n) is 6.77. The summed E-state index contributed by atoms with van der Waals surface area (Å²) in [5.74, 6) is 0.460. The van der Waals surface area contributed by atoms with Gasteiger partial charge in [0.05, 0.1) is 16.9 Å². The first-order valence-corrected chi connectivity index (χ1v) is 12.7. The summed E-state index contributed by atoms with van der Waals surface area (Å²) in [6.07, 6.45) is 5.26. The Morgan fingerprint density at radius 1 is 1.17 bits per heavy atom. The number of hydrogen-bond donors (Lipinski definition) is 2. The zero-order valence-corrected chi connectivity index (χ0v) is 20.4. The molecule has 6 rings (SSSR count). The SMILES string of the molecule is C#Cc1cc(-c2ccc3c(ccc4sc5c(c43)NC[C@@H](C)NC5=O)n2)cc(N2CCC(F)(F)CC2)n1. The van der Waals surface area contributed by atoms with E-state index in [2.05, 4.69) is 21.5 Å². The standard InChI is InChI=1S/C27H23F2N5OS/c1-3-17-12-16(13-22(32-17)34-10-8-27(28,29)9-11-34)19-5-4-18-20(33-19)6-7-21-23(18)24-25(36-21)26(35)31-15(2)14-30-24/h1,4-7,12-13,15,30H,8-11,14H2,2H3,(H,31,35)/t15-/m1/s1. The molecule has 9 heteroatoms. The molecule has 0 bridgehead atoms. The number of anilines is 2. The van der Waals surface area contributed by atoms with Crippen LogP contribution < -0.4 is 15.5 Å². The first-order chi connectivity index (χ1) is 17.3. The molecule has 0 aliphatic carbocycles. The summed E-state index contributed by atoms with van der Waals surface area (Å²) in [6.45, 7) is 3.06. The Kier molecular flexibility index (Phi) is 5.30. The molecule has 2 aliphatic heterocycles. The summed E-state index contributed by atoms with van der Waals surface area (Å²) in [5, 5.41) is 8.39. The highest BCUT2D eigenvalue weighted by molar-refractivity contribution is 7.21. The van der Waals surface area contributed by atoms with Crippen LogP contribution in [-0.2, 0) is 0 Å². The average molecular weight is 504 g/mol. The van der Waals surface area contributed by atoms with Gasteiger partial charge in [-0.1, -0.05) is 5.92 Å². The number of fused-ring (bicyclic) bond motifs is 5. The number of carbonyl (C=O) groups excluding carboxylic acids is 1. The maximum atomic E-state index is 13.7. The summed E-state index contributed by atoms with van der Waals surface area (Å²) in [4.78, 5) is 24.6. The van der Waals surface area contributed by atoms with Crippen molar-refractivity contribution < 1.29 is 13.6 Å². The van der Waals surface area contributed by atoms with Gasteiger partial charge in [-0.05, 0) is 43.3 Å². The minimum absolute atomic E-state index is 0.0317. The molecule has 1 atom stereocenters. The molecule has 0 radical (unpaired) electrons. The second-order valence-corrected chi connectivity index (χ2v) is 10.4. The Bertz CT molecular complexity index is 1560. The quantitative estimate of drug-likeness (QED) is 0.365. The fourth-order valence-corrected chi connectivity index (χ4v) is 5.95. The number of benzene rings is 1. The number of nitrogens with one attached hydrogen (secondary N) is 2. The van der Waals surface area contributed by atoms with E-state index in [0.29, 0.717) is 28.6 Å². The van der Waals surface area contributed by atoms with Crippen molar-refractivity contribution in [3.05, 3.63) is 47.0 Å². The largest absolute Gasteiger partial charge is 0.381 e. The Balaban J connectivity index is 1.43. The highest BCUT2D eigenvalue weighted by Gasteiger charge is 2.34. The molecule has 1 saturated heterocycles. The lowest BCUT2D eigenvalue weighted by atomic mass is 10.0. The van der Waals surface area contributed by atoms with E-state index in [-0.39, 0.29) is 37.9 Å². The van der Waals surface area contributed by atoms with Crippen molar-refractivity contribution in [2.24, 2.45) is 0 Å². The van der Waals surface area contributed by atoms with E-state index < -0.39 is 5.92 Å². The Morgan fingerprint density at radius 2 is 1.97 bits per heavy atom. The number of hydrogen-bond acceptors (Lipinski definition) is 6. The molecule has 6 nitrogen and oxygen atoms in total. The molecule has 36 heavy (non-hydrogen) atoms. The van der Waals surface area contributed by atoms with Crippen LogP contribution in [0.1, 0.15) is 35.1 Å². The molecule has 2 aliphatic rings. The molecule has 0 spiro atoms. The minimum Gasteiger partial charge on any atom is -0.381 e. The summed E-state index contributed by atoms with van der Waals surface area (Å²) >= 11 is 1.47. The maximum Gasteiger partial charge on any atom is 0.263 e. The van der Waals surface area contributed by atoms with Crippen molar-refractivity contribution in [1.82, 2.24) is 15.3 Å². The van der Waals surface area contributed by atoms with Crippen LogP contribution in [-0.4, -0.2) is 47.5 Å². The zero-order valence-electron chi connectivity index (χ0n) is 19.6. The molecule has 2 N–H and O–H groups in total. The number of nitrogens with zero attached hydrogens (tertiary/aromatic N) is 3. The van der Waals surface area contributed by atoms with Crippen LogP contribution in [0.5, 0.6) is 0 Å². The molecular formula is C27H23F2N5OS. The third kappa shape index (κ3) is 3.91. The number of alkyl halides is 2. The summed E-state index contributed by atoms with van der Waals surface area (Å²) < 4.78 is 28.4. The molecule has 4 aromatic rings. The van der Waals surface area contributed by atoms with Gasteiger partial charge in [-0.3, -0.25) is 4.79 Å². The molecular weight excluding hydrogens is 480 g/mol. The molecule has 0 saturated carbocycles. The summed E-state index contributed by atoms with van der Waals surface area (Å²) in [5.41, 5.74) is 3.57. The fraction of sp³-hybridized carbons (Fsp3) is 0.296. The Hall–Kier alpha value is -3.77. The smallest absolute Gasteiger partial charge is 0.263 e. The first-order valence-electron chi connectivity index (χ1n) is 11.8. The van der Waals surface area contributed by atoms with Gasteiger partial charge in [0.15, 0.2) is 0 Å². The highest BCUT2D eigenvalue weighted by atomic mass is 32.1. The van der Waals surface area contributed by atoms with Gasteiger partial charge in [0.2, 0.25) is 0 Å². The minimum atomic E-state index is -2.64. The topological polar surface area (TPSA) is 70.2 Å². The van der Waals surface area contributed by atoms with Crippen LogP contribution in [0.4, 0.5) is 20.3 Å². The molecule has 1 fully saturated rings. The number of piperidine rings is 1. The summed E-state index contributed by atoms with van der Waals surface area (Å²) in [7, 11) is 0. The zero-order chi connectivity index (χ0) is 25.0. The number of halogens is 2. The van der Waals surface area contributed by atoms with E-state index in [1.54, 1.807) is 6.07 Å². The second kappa shape index (κ2) is 8.42. The molecule has 5 heterocycles. The van der Waals surface area contributed by atoms with Crippen molar-refractivity contribution in [3.8, 4) is 23.6 Å². The van der Waals surface area contributed by atoms with Crippen molar-refractivity contribution in [3.63, 3.8) is 0 Å². The molecule has 1 amide bonds. The first kappa shape index (κ1) is 22.7. The normalized spacial score (nSPS) is 19.3. The number of amides is 1. The van der Waals surface area contributed by atoms with Crippen LogP contribution in [0.3, 0.4) is 0 Å². The van der Waals surface area contributed by atoms with Crippen LogP contribution >= 0.6 is 11.3 Å². The predicted octanol–water partition coefficient (Wildman–Crippen LogP) is 5.27. The summed E-state index contributed by atoms with van der Waals surface area (Å²) in [6, 6.07) is 11.6. The monoisotopic (exact) mass is 503 g/mol. The van der Waals surface area contributed by atoms with E-state index in [9.17, 15) is 13.6 Å². The van der Waals surface area contributed by atoms with Gasteiger partial charge in [0.1, 0.15) is 16.4 Å². The van der Waals surface area contributed by atoms with E-state index in [1.807, 2.05) is 42.2 Å². The van der Waals surface area contributed by atoms with Crippen molar-refractivity contribution in [2.75, 3.05) is 29.9 Å². The van der Waals surface area contributed by atoms with Gasteiger partial charge in [0.25, 0.3) is 11.8 Å².